The van der Waals surface area contributed by atoms with E-state index in [1.807, 2.05) is 48.1 Å². The molecule has 1 saturated heterocycles. The molecule has 0 radical (unpaired) electrons. The normalized spacial score (nSPS) is 20.2. The highest BCUT2D eigenvalue weighted by molar-refractivity contribution is 7.99. The van der Waals surface area contributed by atoms with Crippen molar-refractivity contribution in [1.82, 2.24) is 15.1 Å². The molecule has 0 saturated carbocycles. The maximum absolute atomic E-state index is 12.0. The first kappa shape index (κ1) is 17.0. The Labute approximate surface area is 146 Å². The summed E-state index contributed by atoms with van der Waals surface area (Å²) in [6.07, 6.45) is 4.28. The van der Waals surface area contributed by atoms with Crippen LogP contribution < -0.4 is 5.32 Å². The van der Waals surface area contributed by atoms with Gasteiger partial charge in [-0.25, -0.2) is 4.68 Å². The molecular weight excluding hydrogens is 322 g/mol. The molecule has 1 atom stereocenters. The van der Waals surface area contributed by atoms with Crippen molar-refractivity contribution >= 4 is 17.7 Å². The Morgan fingerprint density at radius 3 is 2.92 bits per heavy atom. The van der Waals surface area contributed by atoms with Gasteiger partial charge < -0.3 is 10.4 Å². The standard InChI is InChI=1S/C18H23N3O2S/c1-14-15(12-21(20-14)16-7-3-2-4-8-16)6-5-10-19-17(22)18(23)9-11-24-13-18/h2-4,7-8,12,23H,5-6,9-11,13H2,1H3,(H,19,22). The van der Waals surface area contributed by atoms with Crippen LogP contribution >= 0.6 is 11.8 Å². The van der Waals surface area contributed by atoms with Crippen LogP contribution in [0.15, 0.2) is 36.5 Å². The molecule has 5 nitrogen and oxygen atoms in total. The van der Waals surface area contributed by atoms with E-state index in [0.29, 0.717) is 18.7 Å². The van der Waals surface area contributed by atoms with Crippen molar-refractivity contribution in [3.05, 3.63) is 47.8 Å². The van der Waals surface area contributed by atoms with Crippen molar-refractivity contribution in [3.63, 3.8) is 0 Å². The van der Waals surface area contributed by atoms with Gasteiger partial charge in [0.25, 0.3) is 5.91 Å². The zero-order valence-corrected chi connectivity index (χ0v) is 14.7. The molecule has 1 aliphatic rings. The topological polar surface area (TPSA) is 67.2 Å². The summed E-state index contributed by atoms with van der Waals surface area (Å²) in [4.78, 5) is 12.0. The maximum Gasteiger partial charge on any atom is 0.252 e. The van der Waals surface area contributed by atoms with Crippen molar-refractivity contribution in [2.75, 3.05) is 18.1 Å². The average molecular weight is 345 g/mol. The van der Waals surface area contributed by atoms with E-state index in [1.54, 1.807) is 11.8 Å². The molecule has 1 aliphatic heterocycles. The van der Waals surface area contributed by atoms with Crippen molar-refractivity contribution in [2.24, 2.45) is 0 Å². The van der Waals surface area contributed by atoms with E-state index < -0.39 is 5.60 Å². The molecule has 1 aromatic carbocycles. The molecule has 1 fully saturated rings. The molecule has 0 bridgehead atoms. The Morgan fingerprint density at radius 2 is 2.21 bits per heavy atom. The van der Waals surface area contributed by atoms with E-state index in [0.717, 1.165) is 30.0 Å². The summed E-state index contributed by atoms with van der Waals surface area (Å²) in [7, 11) is 0. The molecule has 1 unspecified atom stereocenters. The van der Waals surface area contributed by atoms with E-state index in [2.05, 4.69) is 10.4 Å². The van der Waals surface area contributed by atoms with Crippen LogP contribution in [0.5, 0.6) is 0 Å². The second-order valence-electron chi connectivity index (χ2n) is 6.21. The van der Waals surface area contributed by atoms with Gasteiger partial charge >= 0.3 is 0 Å². The third-order valence-electron chi connectivity index (χ3n) is 4.35. The summed E-state index contributed by atoms with van der Waals surface area (Å²) in [6, 6.07) is 10.0. The van der Waals surface area contributed by atoms with Crippen LogP contribution in [0.2, 0.25) is 0 Å². The van der Waals surface area contributed by atoms with Gasteiger partial charge in [0, 0.05) is 18.5 Å². The van der Waals surface area contributed by atoms with Gasteiger partial charge in [0.2, 0.25) is 0 Å². The second kappa shape index (κ2) is 7.40. The highest BCUT2D eigenvalue weighted by Gasteiger charge is 2.39. The molecule has 24 heavy (non-hydrogen) atoms. The van der Waals surface area contributed by atoms with Crippen molar-refractivity contribution in [1.29, 1.82) is 0 Å². The van der Waals surface area contributed by atoms with Gasteiger partial charge in [-0.15, -0.1) is 0 Å². The smallest absolute Gasteiger partial charge is 0.252 e. The van der Waals surface area contributed by atoms with Gasteiger partial charge in [0.15, 0.2) is 5.60 Å². The van der Waals surface area contributed by atoms with Crippen LogP contribution in [0.4, 0.5) is 0 Å². The molecule has 0 aliphatic carbocycles. The number of amides is 1. The molecular formula is C18H23N3O2S. The number of nitrogens with one attached hydrogen (secondary N) is 1. The lowest BCUT2D eigenvalue weighted by atomic mass is 10.0. The summed E-state index contributed by atoms with van der Waals surface area (Å²) >= 11 is 1.63. The lowest BCUT2D eigenvalue weighted by Gasteiger charge is -2.20. The van der Waals surface area contributed by atoms with Crippen LogP contribution in [0.1, 0.15) is 24.1 Å². The highest BCUT2D eigenvalue weighted by Crippen LogP contribution is 2.27. The van der Waals surface area contributed by atoms with Crippen LogP contribution in [0.3, 0.4) is 0 Å². The number of carbonyl (C=O) groups is 1. The van der Waals surface area contributed by atoms with Crippen LogP contribution in [-0.2, 0) is 11.2 Å². The zero-order chi connectivity index (χ0) is 17.0. The van der Waals surface area contributed by atoms with Crippen LogP contribution in [0, 0.1) is 6.92 Å². The summed E-state index contributed by atoms with van der Waals surface area (Å²) in [6.45, 7) is 2.58. The fraction of sp³-hybridized carbons (Fsp3) is 0.444. The molecule has 2 heterocycles. The predicted octanol–water partition coefficient (Wildman–Crippen LogP) is 2.10. The number of aromatic nitrogens is 2. The average Bonchev–Trinajstić information content (AvgIpc) is 3.19. The Hall–Kier alpha value is -1.79. The summed E-state index contributed by atoms with van der Waals surface area (Å²) in [5.74, 6) is 1.12. The number of thioether (sulfide) groups is 1. The number of hydrogen-bond donors (Lipinski definition) is 2. The van der Waals surface area contributed by atoms with E-state index >= 15 is 0 Å². The molecule has 2 aromatic rings. The fourth-order valence-corrected chi connectivity index (χ4v) is 4.07. The van der Waals surface area contributed by atoms with Gasteiger partial charge in [0.1, 0.15) is 0 Å². The third-order valence-corrected chi connectivity index (χ3v) is 5.53. The summed E-state index contributed by atoms with van der Waals surface area (Å²) < 4.78 is 1.89. The number of benzene rings is 1. The number of para-hydroxylation sites is 1. The molecule has 2 N–H and O–H groups in total. The minimum atomic E-state index is -1.17. The lowest BCUT2D eigenvalue weighted by Crippen LogP contribution is -2.47. The van der Waals surface area contributed by atoms with Crippen molar-refractivity contribution in [2.45, 2.75) is 31.8 Å². The number of aliphatic hydroxyl groups is 1. The third kappa shape index (κ3) is 3.82. The van der Waals surface area contributed by atoms with E-state index in [4.69, 9.17) is 0 Å². The maximum atomic E-state index is 12.0. The number of carbonyl (C=O) groups excluding carboxylic acids is 1. The SMILES string of the molecule is Cc1nn(-c2ccccc2)cc1CCCNC(=O)C1(O)CCSC1. The summed E-state index contributed by atoms with van der Waals surface area (Å²) in [5, 5.41) is 17.6. The van der Waals surface area contributed by atoms with Gasteiger partial charge in [-0.2, -0.15) is 16.9 Å². The molecule has 1 aromatic heterocycles. The van der Waals surface area contributed by atoms with Crippen LogP contribution in [0.25, 0.3) is 5.69 Å². The molecule has 0 spiro atoms. The molecule has 128 valence electrons. The minimum Gasteiger partial charge on any atom is -0.379 e. The Bertz CT molecular complexity index is 694. The van der Waals surface area contributed by atoms with Gasteiger partial charge in [-0.1, -0.05) is 18.2 Å². The number of aryl methyl sites for hydroxylation is 2. The van der Waals surface area contributed by atoms with E-state index in [1.165, 1.54) is 5.56 Å². The Kier molecular flexibility index (Phi) is 5.26. The Balaban J connectivity index is 1.50. The van der Waals surface area contributed by atoms with Gasteiger partial charge in [0.05, 0.1) is 11.4 Å². The quantitative estimate of drug-likeness (QED) is 0.787. The van der Waals surface area contributed by atoms with Crippen molar-refractivity contribution in [3.8, 4) is 5.69 Å². The van der Waals surface area contributed by atoms with Gasteiger partial charge in [-0.05, 0) is 49.6 Å². The number of hydrogen-bond acceptors (Lipinski definition) is 4. The second-order valence-corrected chi connectivity index (χ2v) is 7.32. The monoisotopic (exact) mass is 345 g/mol. The first-order valence-electron chi connectivity index (χ1n) is 8.27. The first-order valence-corrected chi connectivity index (χ1v) is 9.43. The first-order chi connectivity index (χ1) is 11.6. The van der Waals surface area contributed by atoms with E-state index in [9.17, 15) is 9.90 Å². The number of rotatable bonds is 6. The molecule has 1 amide bonds. The van der Waals surface area contributed by atoms with Crippen molar-refractivity contribution < 1.29 is 9.90 Å². The Morgan fingerprint density at radius 1 is 1.42 bits per heavy atom. The predicted molar refractivity (Wildman–Crippen MR) is 96.5 cm³/mol. The van der Waals surface area contributed by atoms with Gasteiger partial charge in [-0.3, -0.25) is 4.79 Å². The van der Waals surface area contributed by atoms with Crippen LogP contribution in [-0.4, -0.2) is 44.4 Å². The highest BCUT2D eigenvalue weighted by atomic mass is 32.2. The molecule has 3 rings (SSSR count). The fourth-order valence-electron chi connectivity index (χ4n) is 2.83. The number of nitrogens with zero attached hydrogens (tertiary/aromatic N) is 2. The summed E-state index contributed by atoms with van der Waals surface area (Å²) in [5.41, 5.74) is 2.07. The minimum absolute atomic E-state index is 0.232. The molecule has 6 heteroatoms. The zero-order valence-electron chi connectivity index (χ0n) is 13.9. The van der Waals surface area contributed by atoms with E-state index in [-0.39, 0.29) is 5.91 Å². The largest absolute Gasteiger partial charge is 0.379 e. The lowest BCUT2D eigenvalue weighted by molar-refractivity contribution is -0.137.